The van der Waals surface area contributed by atoms with Gasteiger partial charge in [-0.25, -0.2) is 0 Å². The summed E-state index contributed by atoms with van der Waals surface area (Å²) in [6.07, 6.45) is 0. The minimum absolute atomic E-state index is 0. The van der Waals surface area contributed by atoms with Gasteiger partial charge >= 0.3 is 46.1 Å². The van der Waals surface area contributed by atoms with Crippen molar-refractivity contribution in [2.24, 2.45) is 0 Å². The topological polar surface area (TPSA) is 60.0 Å². The fourth-order valence-electron chi connectivity index (χ4n) is 0. The van der Waals surface area contributed by atoms with Crippen molar-refractivity contribution < 1.29 is 23.4 Å². The predicted molar refractivity (Wildman–Crippen MR) is 15.8 cm³/mol. The summed E-state index contributed by atoms with van der Waals surface area (Å²) in [5.74, 6) is 0. The Morgan fingerprint density at radius 1 is 0.800 bits per heavy atom. The standard InChI is InChI=1S/ClH.2Mg.H2O.O/h1H;;;1H2;/q;2*+2;;-2/p-1. The maximum absolute atomic E-state index is 0. The van der Waals surface area contributed by atoms with Gasteiger partial charge in [-0.2, -0.15) is 0 Å². The second-order valence-corrected chi connectivity index (χ2v) is 0. The zero-order valence-electron chi connectivity index (χ0n) is 2.70. The molecule has 5 heavy (non-hydrogen) atoms. The third-order valence-corrected chi connectivity index (χ3v) is 0. The van der Waals surface area contributed by atoms with Gasteiger partial charge in [0.2, 0.25) is 0 Å². The van der Waals surface area contributed by atoms with Gasteiger partial charge in [-0.3, -0.25) is 0 Å². The molecule has 0 radical (unpaired) electrons. The summed E-state index contributed by atoms with van der Waals surface area (Å²) in [5.41, 5.74) is 0. The summed E-state index contributed by atoms with van der Waals surface area (Å²) in [6.45, 7) is 0. The molecule has 0 rings (SSSR count). The van der Waals surface area contributed by atoms with Crippen LogP contribution in [0.25, 0.3) is 0 Å². The summed E-state index contributed by atoms with van der Waals surface area (Å²) in [7, 11) is 0. The normalized spacial score (nSPS) is 0. The average molecular weight is 118 g/mol. The van der Waals surface area contributed by atoms with E-state index in [-0.39, 0.29) is 69.5 Å². The molecule has 0 aliphatic heterocycles. The van der Waals surface area contributed by atoms with Crippen molar-refractivity contribution in [2.75, 3.05) is 0 Å². The van der Waals surface area contributed by atoms with Crippen LogP contribution in [0.1, 0.15) is 0 Å². The Hall–Kier alpha value is 1.74. The molecule has 0 amide bonds. The molecule has 0 spiro atoms. The third-order valence-electron chi connectivity index (χ3n) is 0. The molecule has 0 aromatic heterocycles. The van der Waals surface area contributed by atoms with Crippen LogP contribution in [0.5, 0.6) is 0 Å². The number of hydrogen-bond acceptors (Lipinski definition) is 0. The van der Waals surface area contributed by atoms with Gasteiger partial charge in [-0.05, 0) is 0 Å². The van der Waals surface area contributed by atoms with Gasteiger partial charge < -0.3 is 23.4 Å². The Balaban J connectivity index is 0. The Labute approximate surface area is 69.0 Å². The fraction of sp³-hybridized carbons (Fsp3) is 0. The summed E-state index contributed by atoms with van der Waals surface area (Å²) < 4.78 is 0. The molecular weight excluding hydrogens is 116 g/mol. The van der Waals surface area contributed by atoms with Crippen molar-refractivity contribution in [1.29, 1.82) is 0 Å². The van der Waals surface area contributed by atoms with Crippen LogP contribution >= 0.6 is 0 Å². The van der Waals surface area contributed by atoms with Crippen LogP contribution in [0, 0.1) is 0 Å². The van der Waals surface area contributed by atoms with Crippen molar-refractivity contribution >= 4 is 46.1 Å². The molecule has 0 unspecified atom stereocenters. The minimum Gasteiger partial charge on any atom is -2.00 e. The molecule has 0 aromatic rings. The van der Waals surface area contributed by atoms with Crippen molar-refractivity contribution in [3.8, 4) is 0 Å². The quantitative estimate of drug-likeness (QED) is 0.287. The van der Waals surface area contributed by atoms with E-state index in [1.807, 2.05) is 0 Å². The van der Waals surface area contributed by atoms with Crippen LogP contribution in [0.2, 0.25) is 0 Å². The summed E-state index contributed by atoms with van der Waals surface area (Å²) in [5, 5.41) is 0. The van der Waals surface area contributed by atoms with Crippen molar-refractivity contribution in [2.45, 2.75) is 0 Å². The van der Waals surface area contributed by atoms with Gasteiger partial charge in [0.1, 0.15) is 0 Å². The van der Waals surface area contributed by atoms with Crippen LogP contribution in [0.4, 0.5) is 0 Å². The summed E-state index contributed by atoms with van der Waals surface area (Å²) in [4.78, 5) is 0. The molecule has 0 aliphatic carbocycles. The van der Waals surface area contributed by atoms with E-state index in [0.717, 1.165) is 0 Å². The van der Waals surface area contributed by atoms with Gasteiger partial charge in [0, 0.05) is 0 Å². The van der Waals surface area contributed by atoms with Crippen molar-refractivity contribution in [3.63, 3.8) is 0 Å². The molecule has 0 fully saturated rings. The summed E-state index contributed by atoms with van der Waals surface area (Å²) >= 11 is 0. The van der Waals surface area contributed by atoms with Crippen LogP contribution < -0.4 is 12.4 Å². The van der Waals surface area contributed by atoms with Gasteiger partial charge in [-0.1, -0.05) is 0 Å². The Kier molecular flexibility index (Phi) is 623. The van der Waals surface area contributed by atoms with Crippen LogP contribution in [0.3, 0.4) is 0 Å². The smallest absolute Gasteiger partial charge is 2.00 e. The van der Waals surface area contributed by atoms with E-state index < -0.39 is 0 Å². The van der Waals surface area contributed by atoms with E-state index in [1.165, 1.54) is 0 Å². The van der Waals surface area contributed by atoms with Gasteiger partial charge in [0.25, 0.3) is 0 Å². The second-order valence-electron chi connectivity index (χ2n) is 0. The first-order valence-corrected chi connectivity index (χ1v) is 0. The summed E-state index contributed by atoms with van der Waals surface area (Å²) in [6, 6.07) is 0. The van der Waals surface area contributed by atoms with Crippen LogP contribution in [-0.2, 0) is 5.48 Å². The maximum Gasteiger partial charge on any atom is 2.00 e. The van der Waals surface area contributed by atoms with E-state index in [9.17, 15) is 0 Å². The largest absolute Gasteiger partial charge is 2.00 e. The van der Waals surface area contributed by atoms with E-state index >= 15 is 0 Å². The Morgan fingerprint density at radius 3 is 0.800 bits per heavy atom. The maximum atomic E-state index is 0. The zero-order chi connectivity index (χ0) is 0. The molecule has 0 heterocycles. The van der Waals surface area contributed by atoms with Crippen molar-refractivity contribution in [1.82, 2.24) is 0 Å². The SMILES string of the molecule is O.[Cl-].[Mg+2].[Mg+2].[O-2]. The van der Waals surface area contributed by atoms with E-state index in [1.54, 1.807) is 0 Å². The average Bonchev–Trinajstić information content (AvgIpc) is 0. The van der Waals surface area contributed by atoms with E-state index in [4.69, 9.17) is 0 Å². The molecule has 5 heteroatoms. The first-order valence-electron chi connectivity index (χ1n) is 0. The first-order chi connectivity index (χ1) is 0. The predicted octanol–water partition coefficient (Wildman–Crippen LogP) is -4.70. The number of rotatable bonds is 0. The van der Waals surface area contributed by atoms with Gasteiger partial charge in [-0.15, -0.1) is 0 Å². The molecule has 0 saturated heterocycles. The molecule has 24 valence electrons. The van der Waals surface area contributed by atoms with E-state index in [0.29, 0.717) is 0 Å². The van der Waals surface area contributed by atoms with Crippen LogP contribution in [0.15, 0.2) is 0 Å². The van der Waals surface area contributed by atoms with E-state index in [2.05, 4.69) is 0 Å². The third kappa shape index (κ3) is 26.5. The molecule has 0 atom stereocenters. The Bertz CT molecular complexity index is 7.61. The molecule has 2 N–H and O–H groups in total. The molecule has 0 aliphatic rings. The van der Waals surface area contributed by atoms with Crippen LogP contribution in [-0.4, -0.2) is 51.6 Å². The monoisotopic (exact) mass is 117 g/mol. The minimum atomic E-state index is 0. The van der Waals surface area contributed by atoms with Gasteiger partial charge in [0.05, 0.1) is 0 Å². The molecule has 0 bridgehead atoms. The van der Waals surface area contributed by atoms with Gasteiger partial charge in [0.15, 0.2) is 0 Å². The van der Waals surface area contributed by atoms with Crippen molar-refractivity contribution in [3.05, 3.63) is 0 Å². The number of halogens is 1. The molecule has 2 nitrogen and oxygen atoms in total. The first kappa shape index (κ1) is 73.2. The fourth-order valence-corrected chi connectivity index (χ4v) is 0. The second kappa shape index (κ2) is 42.5. The Morgan fingerprint density at radius 2 is 0.800 bits per heavy atom. The number of hydrogen-bond donors (Lipinski definition) is 0. The molecule has 0 aromatic carbocycles. The molecule has 0 saturated carbocycles. The molecular formula is H2ClMg2O2+. The zero-order valence-corrected chi connectivity index (χ0v) is 6.28.